The highest BCUT2D eigenvalue weighted by molar-refractivity contribution is 7.88. The van der Waals surface area contributed by atoms with Gasteiger partial charge in [-0.25, -0.2) is 17.1 Å². The number of carbonyl (C=O) groups excluding carboxylic acids is 1. The van der Waals surface area contributed by atoms with E-state index in [0.29, 0.717) is 32.5 Å². The molecule has 7 heteroatoms. The van der Waals surface area contributed by atoms with E-state index in [0.717, 1.165) is 24.8 Å². The van der Waals surface area contributed by atoms with Crippen LogP contribution in [0.3, 0.4) is 0 Å². The van der Waals surface area contributed by atoms with Crippen LogP contribution < -0.4 is 0 Å². The SMILES string of the molecule is CS(=O)(=O)N1CCC[C@]2(CCC(=O)N2Cc2cccc(F)c2)CC1. The number of halogens is 1. The lowest BCUT2D eigenvalue weighted by Crippen LogP contribution is -2.46. The van der Waals surface area contributed by atoms with Crippen LogP contribution in [0.1, 0.15) is 37.7 Å². The molecular formula is C17H23FN2O3S. The average Bonchev–Trinajstić information content (AvgIpc) is 2.70. The molecule has 2 aliphatic heterocycles. The number of nitrogens with zero attached hydrogens (tertiary/aromatic N) is 2. The van der Waals surface area contributed by atoms with Gasteiger partial charge in [-0.15, -0.1) is 0 Å². The lowest BCUT2D eigenvalue weighted by atomic mass is 9.87. The minimum atomic E-state index is -3.21. The molecule has 132 valence electrons. The number of amides is 1. The Balaban J connectivity index is 1.81. The minimum Gasteiger partial charge on any atom is -0.333 e. The predicted octanol–water partition coefficient (Wildman–Crippen LogP) is 2.13. The highest BCUT2D eigenvalue weighted by atomic mass is 32.2. The molecule has 5 nitrogen and oxygen atoms in total. The van der Waals surface area contributed by atoms with Crippen molar-refractivity contribution >= 4 is 15.9 Å². The zero-order chi connectivity index (χ0) is 17.4. The summed E-state index contributed by atoms with van der Waals surface area (Å²) < 4.78 is 38.6. The Kier molecular flexibility index (Phi) is 4.66. The van der Waals surface area contributed by atoms with Crippen LogP contribution in [0.15, 0.2) is 24.3 Å². The molecule has 1 aromatic carbocycles. The fourth-order valence-corrected chi connectivity index (χ4v) is 4.84. The van der Waals surface area contributed by atoms with Gasteiger partial charge in [-0.1, -0.05) is 12.1 Å². The molecular weight excluding hydrogens is 331 g/mol. The van der Waals surface area contributed by atoms with Crippen LogP contribution in [0, 0.1) is 5.82 Å². The zero-order valence-corrected chi connectivity index (χ0v) is 14.7. The molecule has 2 aliphatic rings. The fourth-order valence-electron chi connectivity index (χ4n) is 3.95. The maximum atomic E-state index is 13.4. The van der Waals surface area contributed by atoms with Crippen LogP contribution in [0.5, 0.6) is 0 Å². The molecule has 1 atom stereocenters. The van der Waals surface area contributed by atoms with Gasteiger partial charge in [-0.3, -0.25) is 4.79 Å². The Morgan fingerprint density at radius 1 is 1.21 bits per heavy atom. The summed E-state index contributed by atoms with van der Waals surface area (Å²) in [5, 5.41) is 0. The molecule has 1 amide bonds. The Morgan fingerprint density at radius 3 is 2.71 bits per heavy atom. The smallest absolute Gasteiger partial charge is 0.223 e. The van der Waals surface area contributed by atoms with Crippen LogP contribution >= 0.6 is 0 Å². The first-order chi connectivity index (χ1) is 11.3. The van der Waals surface area contributed by atoms with E-state index in [1.165, 1.54) is 22.7 Å². The summed E-state index contributed by atoms with van der Waals surface area (Å²) in [5.41, 5.74) is 0.469. The molecule has 1 aromatic rings. The molecule has 3 rings (SSSR count). The van der Waals surface area contributed by atoms with E-state index in [1.807, 2.05) is 11.0 Å². The molecule has 0 bridgehead atoms. The standard InChI is InChI=1S/C17H23FN2O3S/c1-24(22,23)19-10-3-7-17(9-11-19)8-6-16(21)20(17)13-14-4-2-5-15(18)12-14/h2,4-5,12H,3,6-11,13H2,1H3/t17-/m0/s1. The summed E-state index contributed by atoms with van der Waals surface area (Å²) in [5.74, 6) is -0.232. The summed E-state index contributed by atoms with van der Waals surface area (Å²) in [6.45, 7) is 1.32. The van der Waals surface area contributed by atoms with Crippen molar-refractivity contribution in [2.45, 2.75) is 44.2 Å². The van der Waals surface area contributed by atoms with Gasteiger partial charge in [-0.05, 0) is 43.4 Å². The number of rotatable bonds is 3. The van der Waals surface area contributed by atoms with E-state index >= 15 is 0 Å². The highest BCUT2D eigenvalue weighted by Crippen LogP contribution is 2.40. The van der Waals surface area contributed by atoms with E-state index in [9.17, 15) is 17.6 Å². The van der Waals surface area contributed by atoms with E-state index in [4.69, 9.17) is 0 Å². The second kappa shape index (κ2) is 6.44. The number of carbonyl (C=O) groups is 1. The quantitative estimate of drug-likeness (QED) is 0.836. The monoisotopic (exact) mass is 354 g/mol. The van der Waals surface area contributed by atoms with Crippen molar-refractivity contribution in [1.29, 1.82) is 0 Å². The van der Waals surface area contributed by atoms with Gasteiger partial charge in [0.15, 0.2) is 0 Å². The van der Waals surface area contributed by atoms with E-state index in [1.54, 1.807) is 6.07 Å². The van der Waals surface area contributed by atoms with Crippen LogP contribution in [0.25, 0.3) is 0 Å². The van der Waals surface area contributed by atoms with Gasteiger partial charge in [0, 0.05) is 31.6 Å². The third-order valence-corrected chi connectivity index (χ3v) is 6.56. The highest BCUT2D eigenvalue weighted by Gasteiger charge is 2.46. The molecule has 1 spiro atoms. The fraction of sp³-hybridized carbons (Fsp3) is 0.588. The summed E-state index contributed by atoms with van der Waals surface area (Å²) in [4.78, 5) is 14.3. The van der Waals surface area contributed by atoms with E-state index in [2.05, 4.69) is 0 Å². The molecule has 24 heavy (non-hydrogen) atoms. The molecule has 2 heterocycles. The van der Waals surface area contributed by atoms with Gasteiger partial charge >= 0.3 is 0 Å². The molecule has 2 fully saturated rings. The van der Waals surface area contributed by atoms with Gasteiger partial charge in [0.1, 0.15) is 5.82 Å². The largest absolute Gasteiger partial charge is 0.333 e. The maximum Gasteiger partial charge on any atom is 0.223 e. The summed E-state index contributed by atoms with van der Waals surface area (Å²) in [7, 11) is -3.21. The number of sulfonamides is 1. The van der Waals surface area contributed by atoms with Crippen LogP contribution in [0.4, 0.5) is 4.39 Å². The van der Waals surface area contributed by atoms with E-state index < -0.39 is 10.0 Å². The normalized spacial score (nSPS) is 26.1. The predicted molar refractivity (Wildman–Crippen MR) is 89.2 cm³/mol. The van der Waals surface area contributed by atoms with Crippen molar-refractivity contribution in [3.8, 4) is 0 Å². The van der Waals surface area contributed by atoms with Gasteiger partial charge in [0.25, 0.3) is 0 Å². The first kappa shape index (κ1) is 17.4. The molecule has 0 aromatic heterocycles. The van der Waals surface area contributed by atoms with Crippen LogP contribution in [-0.2, 0) is 21.4 Å². The van der Waals surface area contributed by atoms with Crippen molar-refractivity contribution in [3.05, 3.63) is 35.6 Å². The van der Waals surface area contributed by atoms with Crippen molar-refractivity contribution in [2.75, 3.05) is 19.3 Å². The molecule has 0 saturated carbocycles. The maximum absolute atomic E-state index is 13.4. The first-order valence-electron chi connectivity index (χ1n) is 8.30. The third-order valence-electron chi connectivity index (χ3n) is 5.25. The summed E-state index contributed by atoms with van der Waals surface area (Å²) in [6, 6.07) is 6.32. The summed E-state index contributed by atoms with van der Waals surface area (Å²) in [6.07, 6.45) is 4.63. The van der Waals surface area contributed by atoms with E-state index in [-0.39, 0.29) is 17.3 Å². The van der Waals surface area contributed by atoms with Crippen molar-refractivity contribution < 1.29 is 17.6 Å². The lowest BCUT2D eigenvalue weighted by Gasteiger charge is -2.38. The van der Waals surface area contributed by atoms with Crippen LogP contribution in [-0.4, -0.2) is 48.4 Å². The van der Waals surface area contributed by atoms with Crippen molar-refractivity contribution in [3.63, 3.8) is 0 Å². The zero-order valence-electron chi connectivity index (χ0n) is 13.9. The topological polar surface area (TPSA) is 57.7 Å². The lowest BCUT2D eigenvalue weighted by molar-refractivity contribution is -0.132. The second-order valence-corrected chi connectivity index (χ2v) is 8.83. The second-order valence-electron chi connectivity index (χ2n) is 6.85. The Labute approximate surface area is 142 Å². The number of hydrogen-bond acceptors (Lipinski definition) is 3. The Bertz CT molecular complexity index is 737. The minimum absolute atomic E-state index is 0.0760. The Morgan fingerprint density at radius 2 is 2.00 bits per heavy atom. The molecule has 0 unspecified atom stereocenters. The molecule has 0 N–H and O–H groups in total. The van der Waals surface area contributed by atoms with Gasteiger partial charge in [0.05, 0.1) is 6.26 Å². The van der Waals surface area contributed by atoms with Crippen LogP contribution in [0.2, 0.25) is 0 Å². The molecule has 2 saturated heterocycles. The molecule has 0 radical (unpaired) electrons. The number of likely N-dealkylation sites (tertiary alicyclic amines) is 1. The third kappa shape index (κ3) is 3.47. The van der Waals surface area contributed by atoms with Gasteiger partial charge in [0.2, 0.25) is 15.9 Å². The van der Waals surface area contributed by atoms with Crippen molar-refractivity contribution in [1.82, 2.24) is 9.21 Å². The molecule has 0 aliphatic carbocycles. The average molecular weight is 354 g/mol. The summed E-state index contributed by atoms with van der Waals surface area (Å²) >= 11 is 0. The number of hydrogen-bond donors (Lipinski definition) is 0. The van der Waals surface area contributed by atoms with Crippen molar-refractivity contribution in [2.24, 2.45) is 0 Å². The Hall–Kier alpha value is -1.47. The van der Waals surface area contributed by atoms with Gasteiger partial charge < -0.3 is 4.90 Å². The van der Waals surface area contributed by atoms with Gasteiger partial charge in [-0.2, -0.15) is 0 Å². The first-order valence-corrected chi connectivity index (χ1v) is 10.2. The number of benzene rings is 1.